The Morgan fingerprint density at radius 2 is 2.12 bits per heavy atom. The summed E-state index contributed by atoms with van der Waals surface area (Å²) in [4.78, 5) is 32.8. The summed E-state index contributed by atoms with van der Waals surface area (Å²) < 4.78 is 1.73. The average molecular weight is 374 g/mol. The molecule has 1 amide bonds. The minimum Gasteiger partial charge on any atom is -0.302 e. The number of carbonyl (C=O) groups excluding carboxylic acids is 1. The van der Waals surface area contributed by atoms with Gasteiger partial charge in [-0.05, 0) is 18.6 Å². The molecule has 0 radical (unpaired) electrons. The standard InChI is InChI=1S/C17H18N4O2S2/c1-3-8-21-15(23)13-6-4-5-7-14(13)20-17(21)25-10-12-9-24-16(19-12)18-11(2)22/h4-7,9H,3,8,10H2,1-2H3,(H,18,19,22). The third-order valence-corrected chi connectivity index (χ3v) is 5.27. The lowest BCUT2D eigenvalue weighted by Gasteiger charge is -2.11. The second-order valence-electron chi connectivity index (χ2n) is 5.48. The molecule has 130 valence electrons. The predicted octanol–water partition coefficient (Wildman–Crippen LogP) is 3.51. The van der Waals surface area contributed by atoms with Gasteiger partial charge in [0.1, 0.15) is 0 Å². The number of benzene rings is 1. The number of nitrogens with one attached hydrogen (secondary N) is 1. The first-order valence-electron chi connectivity index (χ1n) is 7.93. The fourth-order valence-corrected chi connectivity index (χ4v) is 4.18. The van der Waals surface area contributed by atoms with E-state index in [2.05, 4.69) is 15.3 Å². The highest BCUT2D eigenvalue weighted by molar-refractivity contribution is 7.98. The molecule has 0 unspecified atom stereocenters. The Labute approximate surface area is 153 Å². The van der Waals surface area contributed by atoms with Crippen LogP contribution in [0.15, 0.2) is 39.6 Å². The van der Waals surface area contributed by atoms with Gasteiger partial charge in [-0.3, -0.25) is 14.2 Å². The van der Waals surface area contributed by atoms with E-state index in [-0.39, 0.29) is 11.5 Å². The van der Waals surface area contributed by atoms with Crippen LogP contribution in [-0.4, -0.2) is 20.4 Å². The molecule has 0 fully saturated rings. The lowest BCUT2D eigenvalue weighted by atomic mass is 10.2. The fraction of sp³-hybridized carbons (Fsp3) is 0.294. The maximum Gasteiger partial charge on any atom is 0.262 e. The smallest absolute Gasteiger partial charge is 0.262 e. The van der Waals surface area contributed by atoms with E-state index >= 15 is 0 Å². The molecule has 0 saturated carbocycles. The summed E-state index contributed by atoms with van der Waals surface area (Å²) in [5.74, 6) is 0.450. The van der Waals surface area contributed by atoms with Crippen LogP contribution in [0.4, 0.5) is 5.13 Å². The van der Waals surface area contributed by atoms with Crippen molar-refractivity contribution in [3.8, 4) is 0 Å². The van der Waals surface area contributed by atoms with Crippen molar-refractivity contribution in [3.63, 3.8) is 0 Å². The third-order valence-electron chi connectivity index (χ3n) is 3.46. The van der Waals surface area contributed by atoms with Crippen LogP contribution in [0.1, 0.15) is 26.0 Å². The summed E-state index contributed by atoms with van der Waals surface area (Å²) in [5, 5.41) is 6.50. The van der Waals surface area contributed by atoms with Crippen molar-refractivity contribution in [2.45, 2.75) is 37.7 Å². The quantitative estimate of drug-likeness (QED) is 0.528. The Balaban J connectivity index is 1.87. The van der Waals surface area contributed by atoms with Crippen LogP contribution in [0.2, 0.25) is 0 Å². The summed E-state index contributed by atoms with van der Waals surface area (Å²) in [7, 11) is 0. The highest BCUT2D eigenvalue weighted by Crippen LogP contribution is 2.24. The number of hydrogen-bond acceptors (Lipinski definition) is 6. The number of rotatable bonds is 6. The number of fused-ring (bicyclic) bond motifs is 1. The Morgan fingerprint density at radius 3 is 2.88 bits per heavy atom. The second-order valence-corrected chi connectivity index (χ2v) is 7.28. The normalized spacial score (nSPS) is 11.0. The number of nitrogens with zero attached hydrogens (tertiary/aromatic N) is 3. The maximum atomic E-state index is 12.7. The number of carbonyl (C=O) groups is 1. The fourth-order valence-electron chi connectivity index (χ4n) is 2.40. The first-order chi connectivity index (χ1) is 12.1. The monoisotopic (exact) mass is 374 g/mol. The molecule has 25 heavy (non-hydrogen) atoms. The molecule has 0 atom stereocenters. The van der Waals surface area contributed by atoms with Crippen molar-refractivity contribution in [1.29, 1.82) is 0 Å². The molecule has 2 aromatic heterocycles. The van der Waals surface area contributed by atoms with Gasteiger partial charge < -0.3 is 5.32 Å². The van der Waals surface area contributed by atoms with Gasteiger partial charge in [0.25, 0.3) is 5.56 Å². The SMILES string of the molecule is CCCn1c(SCc2csc(NC(C)=O)n2)nc2ccccc2c1=O. The molecular formula is C17H18N4O2S2. The second kappa shape index (κ2) is 7.79. The van der Waals surface area contributed by atoms with Crippen LogP contribution < -0.4 is 10.9 Å². The molecule has 0 aliphatic rings. The zero-order chi connectivity index (χ0) is 17.8. The van der Waals surface area contributed by atoms with E-state index in [1.807, 2.05) is 36.6 Å². The van der Waals surface area contributed by atoms with E-state index in [1.165, 1.54) is 30.0 Å². The number of amides is 1. The molecule has 0 spiro atoms. The first-order valence-corrected chi connectivity index (χ1v) is 9.79. The Kier molecular flexibility index (Phi) is 5.50. The molecular weight excluding hydrogens is 356 g/mol. The van der Waals surface area contributed by atoms with Gasteiger partial charge in [-0.1, -0.05) is 30.8 Å². The molecule has 2 heterocycles. The lowest BCUT2D eigenvalue weighted by molar-refractivity contribution is -0.114. The zero-order valence-corrected chi connectivity index (χ0v) is 15.6. The van der Waals surface area contributed by atoms with Crippen LogP contribution in [0, 0.1) is 0 Å². The topological polar surface area (TPSA) is 76.9 Å². The van der Waals surface area contributed by atoms with Crippen molar-refractivity contribution < 1.29 is 4.79 Å². The number of thiazole rings is 1. The van der Waals surface area contributed by atoms with E-state index in [0.717, 1.165) is 12.1 Å². The maximum absolute atomic E-state index is 12.7. The summed E-state index contributed by atoms with van der Waals surface area (Å²) in [6, 6.07) is 7.40. The van der Waals surface area contributed by atoms with Gasteiger partial charge in [-0.25, -0.2) is 9.97 Å². The van der Waals surface area contributed by atoms with Crippen molar-refractivity contribution in [2.24, 2.45) is 0 Å². The predicted molar refractivity (Wildman–Crippen MR) is 102 cm³/mol. The number of aromatic nitrogens is 3. The van der Waals surface area contributed by atoms with Gasteiger partial charge in [0, 0.05) is 24.6 Å². The van der Waals surface area contributed by atoms with Crippen LogP contribution in [-0.2, 0) is 17.1 Å². The van der Waals surface area contributed by atoms with Crippen LogP contribution in [0.25, 0.3) is 10.9 Å². The van der Waals surface area contributed by atoms with Gasteiger partial charge in [-0.15, -0.1) is 11.3 Å². The van der Waals surface area contributed by atoms with E-state index in [9.17, 15) is 9.59 Å². The van der Waals surface area contributed by atoms with Gasteiger partial charge >= 0.3 is 0 Å². The molecule has 0 bridgehead atoms. The highest BCUT2D eigenvalue weighted by Gasteiger charge is 2.12. The summed E-state index contributed by atoms with van der Waals surface area (Å²) >= 11 is 2.87. The van der Waals surface area contributed by atoms with Gasteiger partial charge in [0.15, 0.2) is 10.3 Å². The number of para-hydroxylation sites is 1. The Bertz CT molecular complexity index is 965. The molecule has 6 nitrogen and oxygen atoms in total. The Hall–Kier alpha value is -2.19. The van der Waals surface area contributed by atoms with E-state index in [4.69, 9.17) is 0 Å². The van der Waals surface area contributed by atoms with E-state index < -0.39 is 0 Å². The van der Waals surface area contributed by atoms with Crippen molar-refractivity contribution >= 4 is 45.0 Å². The zero-order valence-electron chi connectivity index (χ0n) is 14.0. The van der Waals surface area contributed by atoms with Crippen LogP contribution in [0.3, 0.4) is 0 Å². The van der Waals surface area contributed by atoms with Crippen LogP contribution in [0.5, 0.6) is 0 Å². The summed E-state index contributed by atoms with van der Waals surface area (Å²) in [6.45, 7) is 4.13. The van der Waals surface area contributed by atoms with E-state index in [0.29, 0.717) is 33.5 Å². The number of hydrogen-bond donors (Lipinski definition) is 1. The third kappa shape index (κ3) is 4.08. The molecule has 3 aromatic rings. The minimum absolute atomic E-state index is 0.00726. The largest absolute Gasteiger partial charge is 0.302 e. The number of anilines is 1. The molecule has 1 aromatic carbocycles. The van der Waals surface area contributed by atoms with Gasteiger partial charge in [0.05, 0.1) is 16.6 Å². The Morgan fingerprint density at radius 1 is 1.32 bits per heavy atom. The molecule has 0 aliphatic carbocycles. The molecule has 0 saturated heterocycles. The first kappa shape index (κ1) is 17.6. The summed E-state index contributed by atoms with van der Waals surface area (Å²) in [6.07, 6.45) is 0.858. The lowest BCUT2D eigenvalue weighted by Crippen LogP contribution is -2.23. The molecule has 1 N–H and O–H groups in total. The van der Waals surface area contributed by atoms with Crippen molar-refractivity contribution in [1.82, 2.24) is 14.5 Å². The van der Waals surface area contributed by atoms with Gasteiger partial charge in [-0.2, -0.15) is 0 Å². The summed E-state index contributed by atoms with van der Waals surface area (Å²) in [5.41, 5.74) is 1.55. The van der Waals surface area contributed by atoms with E-state index in [1.54, 1.807) is 4.57 Å². The number of thioether (sulfide) groups is 1. The average Bonchev–Trinajstić information content (AvgIpc) is 3.02. The van der Waals surface area contributed by atoms with Crippen molar-refractivity contribution in [2.75, 3.05) is 5.32 Å². The molecule has 3 rings (SSSR count). The van der Waals surface area contributed by atoms with Gasteiger partial charge in [0.2, 0.25) is 5.91 Å². The molecule has 0 aliphatic heterocycles. The van der Waals surface area contributed by atoms with Crippen molar-refractivity contribution in [3.05, 3.63) is 45.7 Å². The highest BCUT2D eigenvalue weighted by atomic mass is 32.2. The minimum atomic E-state index is -0.137. The van der Waals surface area contributed by atoms with Crippen LogP contribution >= 0.6 is 23.1 Å². The molecule has 8 heteroatoms.